The Morgan fingerprint density at radius 1 is 1.00 bits per heavy atom. The van der Waals surface area contributed by atoms with Gasteiger partial charge < -0.3 is 18.9 Å². The zero-order valence-electron chi connectivity index (χ0n) is 19.2. The van der Waals surface area contributed by atoms with Crippen molar-refractivity contribution in [2.75, 3.05) is 13.2 Å². The van der Waals surface area contributed by atoms with Crippen molar-refractivity contribution in [1.29, 1.82) is 0 Å². The highest BCUT2D eigenvalue weighted by atomic mass is 16.6. The lowest BCUT2D eigenvalue weighted by molar-refractivity contribution is -0.174. The van der Waals surface area contributed by atoms with Gasteiger partial charge in [-0.05, 0) is 46.0 Å². The van der Waals surface area contributed by atoms with Gasteiger partial charge in [0.25, 0.3) is 0 Å². The molecule has 4 rings (SSSR count). The van der Waals surface area contributed by atoms with Crippen LogP contribution in [0.4, 0.5) is 0 Å². The van der Waals surface area contributed by atoms with Crippen LogP contribution in [0.1, 0.15) is 65.7 Å². The van der Waals surface area contributed by atoms with E-state index in [1.54, 1.807) is 0 Å². The van der Waals surface area contributed by atoms with Gasteiger partial charge in [0, 0.05) is 11.8 Å². The van der Waals surface area contributed by atoms with Crippen LogP contribution < -0.4 is 0 Å². The van der Waals surface area contributed by atoms with Gasteiger partial charge in [-0.1, -0.05) is 19.8 Å². The van der Waals surface area contributed by atoms with Crippen molar-refractivity contribution in [2.24, 2.45) is 35.0 Å². The number of carbonyl (C=O) groups is 4. The Bertz CT molecular complexity index is 774. The SMILES string of the molecule is CCC(C)(C)C(=O)OCCOC(=O)C1CCCCC1C(=O)OC1C2CC3C(=O)OC1C3C2. The van der Waals surface area contributed by atoms with Crippen molar-refractivity contribution in [3.63, 3.8) is 0 Å². The summed E-state index contributed by atoms with van der Waals surface area (Å²) in [6.07, 6.45) is 4.36. The highest BCUT2D eigenvalue weighted by molar-refractivity contribution is 5.83. The lowest BCUT2D eigenvalue weighted by atomic mass is 9.79. The molecule has 1 aliphatic heterocycles. The van der Waals surface area contributed by atoms with E-state index >= 15 is 0 Å². The molecule has 0 aromatic rings. The molecule has 4 aliphatic rings. The Kier molecular flexibility index (Phi) is 6.50. The highest BCUT2D eigenvalue weighted by Crippen LogP contribution is 2.55. The minimum absolute atomic E-state index is 0.00477. The van der Waals surface area contributed by atoms with Crippen LogP contribution in [0, 0.1) is 35.0 Å². The number of ether oxygens (including phenoxy) is 4. The number of fused-ring (bicyclic) bond motifs is 1. The largest absolute Gasteiger partial charge is 0.462 e. The average Bonchev–Trinajstić information content (AvgIpc) is 3.41. The Morgan fingerprint density at radius 2 is 1.66 bits per heavy atom. The van der Waals surface area contributed by atoms with Gasteiger partial charge in [0.15, 0.2) is 0 Å². The fourth-order valence-corrected chi connectivity index (χ4v) is 5.70. The van der Waals surface area contributed by atoms with Gasteiger partial charge in [0.1, 0.15) is 25.4 Å². The Hall–Kier alpha value is -2.12. The molecule has 3 saturated carbocycles. The minimum Gasteiger partial charge on any atom is -0.462 e. The summed E-state index contributed by atoms with van der Waals surface area (Å²) in [6.45, 7) is 5.49. The topological polar surface area (TPSA) is 105 Å². The molecule has 4 fully saturated rings. The molecule has 8 heteroatoms. The van der Waals surface area contributed by atoms with Crippen LogP contribution in [0.15, 0.2) is 0 Å². The third kappa shape index (κ3) is 4.25. The fraction of sp³-hybridized carbons (Fsp3) is 0.833. The van der Waals surface area contributed by atoms with Crippen molar-refractivity contribution in [2.45, 2.75) is 77.9 Å². The monoisotopic (exact) mass is 450 g/mol. The molecule has 1 heterocycles. The molecule has 7 atom stereocenters. The molecule has 32 heavy (non-hydrogen) atoms. The summed E-state index contributed by atoms with van der Waals surface area (Å²) in [5.41, 5.74) is -0.574. The van der Waals surface area contributed by atoms with Crippen molar-refractivity contribution in [3.05, 3.63) is 0 Å². The molecule has 0 spiro atoms. The molecule has 8 nitrogen and oxygen atoms in total. The van der Waals surface area contributed by atoms with E-state index in [2.05, 4.69) is 0 Å². The van der Waals surface area contributed by atoms with Crippen molar-refractivity contribution in [3.8, 4) is 0 Å². The summed E-state index contributed by atoms with van der Waals surface area (Å²) in [5.74, 6) is -2.13. The van der Waals surface area contributed by atoms with Gasteiger partial charge in [-0.15, -0.1) is 0 Å². The van der Waals surface area contributed by atoms with Crippen LogP contribution in [-0.2, 0) is 38.1 Å². The molecule has 0 N–H and O–H groups in total. The minimum atomic E-state index is -0.574. The van der Waals surface area contributed by atoms with Gasteiger partial charge in [0.05, 0.1) is 23.2 Å². The maximum absolute atomic E-state index is 13.0. The highest BCUT2D eigenvalue weighted by Gasteiger charge is 2.63. The van der Waals surface area contributed by atoms with Crippen LogP contribution in [0.2, 0.25) is 0 Å². The standard InChI is InChI=1S/C24H34O8/c1-4-24(2,3)23(28)30-10-9-29-20(25)14-7-5-6-8-15(14)21(26)31-18-13-11-16-17(12-13)22(27)32-19(16)18/h13-19H,4-12H2,1-3H3. The average molecular weight is 451 g/mol. The zero-order valence-corrected chi connectivity index (χ0v) is 19.2. The quantitative estimate of drug-likeness (QED) is 0.316. The summed E-state index contributed by atoms with van der Waals surface area (Å²) in [5, 5.41) is 0. The molecule has 0 amide bonds. The second-order valence-corrected chi connectivity index (χ2v) is 10.3. The Balaban J connectivity index is 1.28. The van der Waals surface area contributed by atoms with E-state index in [-0.39, 0.29) is 55.0 Å². The summed E-state index contributed by atoms with van der Waals surface area (Å²) >= 11 is 0. The molecule has 178 valence electrons. The molecule has 0 radical (unpaired) electrons. The van der Waals surface area contributed by atoms with Gasteiger partial charge in [-0.2, -0.15) is 0 Å². The van der Waals surface area contributed by atoms with Crippen LogP contribution in [-0.4, -0.2) is 49.3 Å². The Labute approximate surface area is 188 Å². The zero-order chi connectivity index (χ0) is 23.0. The van der Waals surface area contributed by atoms with Crippen LogP contribution >= 0.6 is 0 Å². The number of rotatable bonds is 8. The molecule has 2 bridgehead atoms. The predicted molar refractivity (Wildman–Crippen MR) is 111 cm³/mol. The lowest BCUT2D eigenvalue weighted by Crippen LogP contribution is -2.41. The number of carbonyl (C=O) groups excluding carboxylic acids is 4. The molecular formula is C24H34O8. The normalized spacial score (nSPS) is 35.3. The Morgan fingerprint density at radius 3 is 2.34 bits per heavy atom. The second-order valence-electron chi connectivity index (χ2n) is 10.3. The first-order valence-corrected chi connectivity index (χ1v) is 12.0. The van der Waals surface area contributed by atoms with Crippen molar-refractivity contribution >= 4 is 23.9 Å². The van der Waals surface area contributed by atoms with Crippen molar-refractivity contribution in [1.82, 2.24) is 0 Å². The molecule has 0 aromatic carbocycles. The molecule has 3 aliphatic carbocycles. The molecule has 0 aromatic heterocycles. The first-order chi connectivity index (χ1) is 15.2. The van der Waals surface area contributed by atoms with Crippen LogP contribution in [0.5, 0.6) is 0 Å². The molecular weight excluding hydrogens is 416 g/mol. The summed E-state index contributed by atoms with van der Waals surface area (Å²) in [7, 11) is 0. The van der Waals surface area contributed by atoms with Gasteiger partial charge >= 0.3 is 23.9 Å². The van der Waals surface area contributed by atoms with E-state index in [4.69, 9.17) is 18.9 Å². The maximum atomic E-state index is 13.0. The smallest absolute Gasteiger partial charge is 0.311 e. The first-order valence-electron chi connectivity index (χ1n) is 12.0. The first kappa shape index (κ1) is 23.1. The van der Waals surface area contributed by atoms with Crippen molar-refractivity contribution < 1.29 is 38.1 Å². The van der Waals surface area contributed by atoms with Gasteiger partial charge in [-0.25, -0.2) is 0 Å². The van der Waals surface area contributed by atoms with Crippen LogP contribution in [0.25, 0.3) is 0 Å². The fourth-order valence-electron chi connectivity index (χ4n) is 5.70. The summed E-state index contributed by atoms with van der Waals surface area (Å²) in [6, 6.07) is 0. The third-order valence-corrected chi connectivity index (χ3v) is 8.03. The van der Waals surface area contributed by atoms with E-state index in [1.807, 2.05) is 20.8 Å². The number of esters is 4. The van der Waals surface area contributed by atoms with E-state index in [1.165, 1.54) is 0 Å². The maximum Gasteiger partial charge on any atom is 0.311 e. The van der Waals surface area contributed by atoms with E-state index in [9.17, 15) is 19.2 Å². The van der Waals surface area contributed by atoms with Gasteiger partial charge in [0.2, 0.25) is 0 Å². The second kappa shape index (κ2) is 9.02. The molecule has 1 saturated heterocycles. The summed E-state index contributed by atoms with van der Waals surface area (Å²) in [4.78, 5) is 49.7. The van der Waals surface area contributed by atoms with E-state index in [0.717, 1.165) is 25.7 Å². The van der Waals surface area contributed by atoms with E-state index < -0.39 is 29.3 Å². The third-order valence-electron chi connectivity index (χ3n) is 8.03. The lowest BCUT2D eigenvalue weighted by Gasteiger charge is -2.31. The van der Waals surface area contributed by atoms with Crippen LogP contribution in [0.3, 0.4) is 0 Å². The van der Waals surface area contributed by atoms with E-state index in [0.29, 0.717) is 19.3 Å². The number of hydrogen-bond acceptors (Lipinski definition) is 8. The van der Waals surface area contributed by atoms with Gasteiger partial charge in [-0.3, -0.25) is 19.2 Å². The molecule has 7 unspecified atom stereocenters. The number of hydrogen-bond donors (Lipinski definition) is 0. The predicted octanol–water partition coefficient (Wildman–Crippen LogP) is 2.81. The summed E-state index contributed by atoms with van der Waals surface area (Å²) < 4.78 is 21.9.